The van der Waals surface area contributed by atoms with E-state index in [0.717, 1.165) is 29.8 Å². The number of benzene rings is 1. The maximum absolute atomic E-state index is 12.9. The van der Waals surface area contributed by atoms with Crippen molar-refractivity contribution in [2.24, 2.45) is 0 Å². The number of nitrogens with zero attached hydrogens (tertiary/aromatic N) is 4. The molecule has 43 heavy (non-hydrogen) atoms. The van der Waals surface area contributed by atoms with Gasteiger partial charge in [-0.2, -0.15) is 5.10 Å². The number of ether oxygens (including phenoxy) is 3. The van der Waals surface area contributed by atoms with Crippen molar-refractivity contribution >= 4 is 33.3 Å². The van der Waals surface area contributed by atoms with Crippen molar-refractivity contribution in [3.63, 3.8) is 0 Å². The Kier molecular flexibility index (Phi) is 9.97. The Morgan fingerprint density at radius 3 is 2.67 bits per heavy atom. The molecule has 13 heteroatoms. The number of rotatable bonds is 15. The molecule has 0 unspecified atom stereocenters. The summed E-state index contributed by atoms with van der Waals surface area (Å²) < 4.78 is 16.5. The molecule has 4 heterocycles. The third-order valence-electron chi connectivity index (χ3n) is 6.49. The molecule has 0 atom stereocenters. The monoisotopic (exact) mass is 602 g/mol. The lowest BCUT2D eigenvalue weighted by atomic mass is 10.1. The number of carbonyl (C=O) groups is 2. The molecule has 0 aliphatic rings. The molecule has 0 saturated carbocycles. The van der Waals surface area contributed by atoms with E-state index in [0.29, 0.717) is 53.5 Å². The van der Waals surface area contributed by atoms with E-state index in [2.05, 4.69) is 30.1 Å². The molecule has 0 aliphatic carbocycles. The highest BCUT2D eigenvalue weighted by Gasteiger charge is 2.16. The van der Waals surface area contributed by atoms with Crippen LogP contribution in [0.1, 0.15) is 63.3 Å². The van der Waals surface area contributed by atoms with E-state index < -0.39 is 0 Å². The number of aromatic amines is 2. The number of aryl methyl sites for hydroxylation is 2. The average molecular weight is 603 g/mol. The van der Waals surface area contributed by atoms with Gasteiger partial charge in [-0.25, -0.2) is 19.7 Å². The molecule has 0 amide bonds. The summed E-state index contributed by atoms with van der Waals surface area (Å²) in [5, 5.41) is 8.87. The maximum atomic E-state index is 12.9. The lowest BCUT2D eigenvalue weighted by molar-refractivity contribution is 0.0526. The van der Waals surface area contributed by atoms with Gasteiger partial charge in [0.05, 0.1) is 37.4 Å². The van der Waals surface area contributed by atoms with E-state index in [-0.39, 0.29) is 36.2 Å². The smallest absolute Gasteiger partial charge is 0.338 e. The van der Waals surface area contributed by atoms with Crippen molar-refractivity contribution < 1.29 is 23.8 Å². The van der Waals surface area contributed by atoms with E-state index in [9.17, 15) is 14.4 Å². The summed E-state index contributed by atoms with van der Waals surface area (Å²) in [5.74, 6) is 0.691. The zero-order valence-electron chi connectivity index (χ0n) is 23.5. The molecule has 12 nitrogen and oxygen atoms in total. The molecular weight excluding hydrogens is 572 g/mol. The van der Waals surface area contributed by atoms with Crippen LogP contribution in [0.5, 0.6) is 5.88 Å². The molecule has 2 N–H and O–H groups in total. The number of H-pyrrole nitrogens is 2. The standard InChI is InChI=1S/C30H30N6O6S/c1-2-41-30(39)21-8-5-20(6-9-21)15-40-16-22-17-43-29-26(22)28(38)34-27(35-29)23(37)10-7-19-11-12-31-25(14-19)42-13-3-4-24-32-18-33-36-24/h5-6,8-9,11-12,14,17-18H,2-4,7,10,13,15-16H2,1H3,(H,32,33,36)(H,34,35,38). The third-order valence-corrected chi connectivity index (χ3v) is 7.41. The Labute approximate surface area is 250 Å². The van der Waals surface area contributed by atoms with Crippen molar-refractivity contribution in [2.45, 2.75) is 45.8 Å². The SMILES string of the molecule is CCOC(=O)c1ccc(COCc2csc3nc(C(=O)CCc4ccnc(OCCCc5ncn[nH]5)c4)[nH]c(=O)c23)cc1. The van der Waals surface area contributed by atoms with Gasteiger partial charge in [-0.15, -0.1) is 11.3 Å². The first-order chi connectivity index (χ1) is 21.0. The Morgan fingerprint density at radius 2 is 1.88 bits per heavy atom. The fourth-order valence-corrected chi connectivity index (χ4v) is 5.23. The van der Waals surface area contributed by atoms with E-state index in [4.69, 9.17) is 14.2 Å². The van der Waals surface area contributed by atoms with Crippen LogP contribution in [0.3, 0.4) is 0 Å². The number of thiophene rings is 1. The zero-order valence-corrected chi connectivity index (χ0v) is 24.3. The number of hydrogen-bond donors (Lipinski definition) is 2. The number of ketones is 1. The van der Waals surface area contributed by atoms with Crippen molar-refractivity contribution in [1.29, 1.82) is 0 Å². The van der Waals surface area contributed by atoms with Gasteiger partial charge < -0.3 is 19.2 Å². The summed E-state index contributed by atoms with van der Waals surface area (Å²) in [5.41, 5.74) is 2.56. The number of hydrogen-bond acceptors (Lipinski definition) is 11. The van der Waals surface area contributed by atoms with Crippen molar-refractivity contribution in [2.75, 3.05) is 13.2 Å². The van der Waals surface area contributed by atoms with Crippen molar-refractivity contribution in [1.82, 2.24) is 30.1 Å². The van der Waals surface area contributed by atoms with Crippen molar-refractivity contribution in [3.8, 4) is 5.88 Å². The molecule has 0 saturated heterocycles. The predicted octanol–water partition coefficient (Wildman–Crippen LogP) is 4.22. The Hall–Kier alpha value is -4.75. The van der Waals surface area contributed by atoms with Crippen LogP contribution in [0, 0.1) is 0 Å². The van der Waals surface area contributed by atoms with Gasteiger partial charge in [-0.1, -0.05) is 12.1 Å². The molecule has 0 radical (unpaired) electrons. The molecule has 1 aromatic carbocycles. The molecule has 0 bridgehead atoms. The largest absolute Gasteiger partial charge is 0.478 e. The third kappa shape index (κ3) is 7.96. The minimum absolute atomic E-state index is 0.0338. The van der Waals surface area contributed by atoms with Crippen LogP contribution in [0.25, 0.3) is 10.2 Å². The van der Waals surface area contributed by atoms with E-state index >= 15 is 0 Å². The molecular formula is C30H30N6O6S. The minimum atomic E-state index is -0.378. The second kappa shape index (κ2) is 14.4. The highest BCUT2D eigenvalue weighted by atomic mass is 32.1. The van der Waals surface area contributed by atoms with Gasteiger partial charge in [0.2, 0.25) is 5.88 Å². The van der Waals surface area contributed by atoms with Gasteiger partial charge in [0.25, 0.3) is 5.56 Å². The second-order valence-electron chi connectivity index (χ2n) is 9.58. The van der Waals surface area contributed by atoms with E-state index in [1.165, 1.54) is 17.7 Å². The van der Waals surface area contributed by atoms with Crippen LogP contribution in [-0.4, -0.2) is 55.1 Å². The summed E-state index contributed by atoms with van der Waals surface area (Å²) in [6.45, 7) is 3.05. The van der Waals surface area contributed by atoms with Crippen LogP contribution in [-0.2, 0) is 35.5 Å². The highest BCUT2D eigenvalue weighted by molar-refractivity contribution is 7.16. The van der Waals surface area contributed by atoms with Crippen LogP contribution in [0.4, 0.5) is 0 Å². The fraction of sp³-hybridized carbons (Fsp3) is 0.300. The lowest BCUT2D eigenvalue weighted by Crippen LogP contribution is -2.16. The van der Waals surface area contributed by atoms with E-state index in [1.54, 1.807) is 43.5 Å². The normalized spacial score (nSPS) is 11.1. The van der Waals surface area contributed by atoms with Crippen LogP contribution in [0.15, 0.2) is 59.1 Å². The first kappa shape index (κ1) is 29.7. The first-order valence-corrected chi connectivity index (χ1v) is 14.7. The number of aromatic nitrogens is 6. The summed E-state index contributed by atoms with van der Waals surface area (Å²) in [6.07, 6.45) is 5.20. The maximum Gasteiger partial charge on any atom is 0.338 e. The molecule has 0 aliphatic heterocycles. The summed E-state index contributed by atoms with van der Waals surface area (Å²) >= 11 is 1.29. The molecule has 0 spiro atoms. The second-order valence-corrected chi connectivity index (χ2v) is 10.4. The van der Waals surface area contributed by atoms with Gasteiger partial charge in [-0.05, 0) is 54.5 Å². The molecule has 5 aromatic rings. The first-order valence-electron chi connectivity index (χ1n) is 13.8. The van der Waals surface area contributed by atoms with Gasteiger partial charge in [-0.3, -0.25) is 14.7 Å². The summed E-state index contributed by atoms with van der Waals surface area (Å²) in [7, 11) is 0. The topological polar surface area (TPSA) is 162 Å². The Morgan fingerprint density at radius 1 is 1.02 bits per heavy atom. The molecule has 5 rings (SSSR count). The number of pyridine rings is 1. The highest BCUT2D eigenvalue weighted by Crippen LogP contribution is 2.23. The quantitative estimate of drug-likeness (QED) is 0.101. The molecule has 0 fully saturated rings. The Bertz CT molecular complexity index is 1730. The lowest BCUT2D eigenvalue weighted by Gasteiger charge is -2.07. The molecule has 222 valence electrons. The number of carbonyl (C=O) groups excluding carboxylic acids is 2. The number of Topliss-reactive ketones (excluding diaryl/α,β-unsaturated/α-hetero) is 1. The van der Waals surface area contributed by atoms with Crippen molar-refractivity contribution in [3.05, 3.63) is 98.6 Å². The fourth-order valence-electron chi connectivity index (χ4n) is 4.30. The molecule has 4 aromatic heterocycles. The summed E-state index contributed by atoms with van der Waals surface area (Å²) in [4.78, 5) is 53.5. The van der Waals surface area contributed by atoms with Gasteiger partial charge in [0.15, 0.2) is 11.6 Å². The predicted molar refractivity (Wildman–Crippen MR) is 158 cm³/mol. The van der Waals surface area contributed by atoms with Crippen LogP contribution in [0.2, 0.25) is 0 Å². The zero-order chi connectivity index (χ0) is 30.0. The Balaban J connectivity index is 1.12. The average Bonchev–Trinajstić information content (AvgIpc) is 3.69. The minimum Gasteiger partial charge on any atom is -0.478 e. The van der Waals surface area contributed by atoms with Crippen LogP contribution < -0.4 is 10.3 Å². The van der Waals surface area contributed by atoms with Gasteiger partial charge in [0, 0.05) is 30.7 Å². The number of nitrogens with one attached hydrogen (secondary N) is 2. The summed E-state index contributed by atoms with van der Waals surface area (Å²) in [6, 6.07) is 10.6. The number of fused-ring (bicyclic) bond motifs is 1. The number of esters is 1. The van der Waals surface area contributed by atoms with Crippen LogP contribution >= 0.6 is 11.3 Å². The van der Waals surface area contributed by atoms with Gasteiger partial charge in [0.1, 0.15) is 17.0 Å². The van der Waals surface area contributed by atoms with E-state index in [1.807, 2.05) is 11.4 Å². The van der Waals surface area contributed by atoms with Gasteiger partial charge >= 0.3 is 5.97 Å².